The number of carbonyl (C=O) groups excluding carboxylic acids is 2. The van der Waals surface area contributed by atoms with Gasteiger partial charge in [-0.15, -0.1) is 0 Å². The van der Waals surface area contributed by atoms with Crippen LogP contribution < -0.4 is 15.5 Å². The summed E-state index contributed by atoms with van der Waals surface area (Å²) in [5, 5.41) is 8.13. The van der Waals surface area contributed by atoms with E-state index in [1.165, 1.54) is 32.4 Å². The number of halogens is 2. The molecule has 8 heteroatoms. The summed E-state index contributed by atoms with van der Waals surface area (Å²) in [4.78, 5) is 31.3. The highest BCUT2D eigenvalue weighted by molar-refractivity contribution is 6.35. The smallest absolute Gasteiger partial charge is 0.224 e. The number of hydrogen-bond donors (Lipinski definition) is 2. The summed E-state index contributed by atoms with van der Waals surface area (Å²) in [7, 11) is 0. The molecule has 0 saturated carbocycles. The van der Waals surface area contributed by atoms with Crippen molar-refractivity contribution in [3.63, 3.8) is 0 Å². The van der Waals surface area contributed by atoms with Gasteiger partial charge in [-0.05, 0) is 73.2 Å². The highest BCUT2D eigenvalue weighted by Gasteiger charge is 2.43. The largest absolute Gasteiger partial charge is 0.357 e. The number of fused-ring (bicyclic) bond motifs is 1. The van der Waals surface area contributed by atoms with Crippen molar-refractivity contribution in [2.45, 2.75) is 65.5 Å². The van der Waals surface area contributed by atoms with Crippen LogP contribution in [-0.2, 0) is 16.1 Å². The van der Waals surface area contributed by atoms with Gasteiger partial charge in [0.15, 0.2) is 5.78 Å². The maximum atomic E-state index is 13.7. The van der Waals surface area contributed by atoms with Gasteiger partial charge in [0, 0.05) is 54.3 Å². The number of nitrogens with one attached hydrogen (secondary N) is 2. The molecule has 0 aromatic heterocycles. The number of carbonyl (C=O) groups is 2. The van der Waals surface area contributed by atoms with Crippen molar-refractivity contribution >= 4 is 46.3 Å². The number of likely N-dealkylation sites (tertiary alicyclic amines) is 1. The Hall–Kier alpha value is -2.38. The SMILES string of the molecule is CC(=O)N1c2ccc(CNCCN3CCCCC3)cc2NC2=C(C(=O)CC(C)(C)C2)C1c1ccc(Cl)cc1Cl. The first-order valence-corrected chi connectivity index (χ1v) is 14.7. The minimum atomic E-state index is -0.645. The molecule has 39 heavy (non-hydrogen) atoms. The van der Waals surface area contributed by atoms with Gasteiger partial charge < -0.3 is 15.5 Å². The lowest BCUT2D eigenvalue weighted by molar-refractivity contribution is -0.118. The number of anilines is 2. The molecule has 2 aliphatic heterocycles. The molecule has 1 fully saturated rings. The summed E-state index contributed by atoms with van der Waals surface area (Å²) >= 11 is 12.9. The second-order valence-corrected chi connectivity index (χ2v) is 12.7. The molecule has 5 rings (SSSR count). The summed E-state index contributed by atoms with van der Waals surface area (Å²) in [5.74, 6) is -0.128. The van der Waals surface area contributed by atoms with Crippen LogP contribution in [0.2, 0.25) is 10.0 Å². The fraction of sp³-hybridized carbons (Fsp3) is 0.484. The number of hydrogen-bond acceptors (Lipinski definition) is 5. The predicted molar refractivity (Wildman–Crippen MR) is 159 cm³/mol. The van der Waals surface area contributed by atoms with Crippen molar-refractivity contribution in [2.24, 2.45) is 5.41 Å². The van der Waals surface area contributed by atoms with Crippen molar-refractivity contribution in [1.82, 2.24) is 10.2 Å². The molecule has 0 bridgehead atoms. The van der Waals surface area contributed by atoms with Crippen molar-refractivity contribution in [2.75, 3.05) is 36.4 Å². The minimum Gasteiger partial charge on any atom is -0.357 e. The molecule has 3 aliphatic rings. The van der Waals surface area contributed by atoms with Gasteiger partial charge in [0.25, 0.3) is 0 Å². The summed E-state index contributed by atoms with van der Waals surface area (Å²) in [6.07, 6.45) is 5.03. The Bertz CT molecular complexity index is 1300. The van der Waals surface area contributed by atoms with Crippen molar-refractivity contribution in [3.8, 4) is 0 Å². The Morgan fingerprint density at radius 3 is 2.56 bits per heavy atom. The molecule has 208 valence electrons. The van der Waals surface area contributed by atoms with E-state index < -0.39 is 6.04 Å². The molecule has 2 N–H and O–H groups in total. The van der Waals surface area contributed by atoms with Crippen molar-refractivity contribution < 1.29 is 9.59 Å². The van der Waals surface area contributed by atoms with Crippen molar-refractivity contribution in [3.05, 3.63) is 68.8 Å². The van der Waals surface area contributed by atoms with Crippen LogP contribution in [0.3, 0.4) is 0 Å². The standard InChI is InChI=1S/C31H38Cl2N4O2/c1-20(38)37-27-10-7-21(19-34-11-14-36-12-5-4-6-13-36)15-25(27)35-26-17-31(2,3)18-28(39)29(26)30(37)23-9-8-22(32)16-24(23)33/h7-10,15-16,30,34-35H,4-6,11-14,17-19H2,1-3H3. The fourth-order valence-corrected chi connectivity index (χ4v) is 6.73. The van der Waals surface area contributed by atoms with Gasteiger partial charge >= 0.3 is 0 Å². The zero-order chi connectivity index (χ0) is 27.7. The Morgan fingerprint density at radius 1 is 1.08 bits per heavy atom. The number of piperidine rings is 1. The van der Waals surface area contributed by atoms with Crippen LogP contribution in [0.25, 0.3) is 0 Å². The van der Waals surface area contributed by atoms with Gasteiger partial charge in [0.1, 0.15) is 0 Å². The monoisotopic (exact) mass is 568 g/mol. The third-order valence-corrected chi connectivity index (χ3v) is 8.60. The number of Topliss-reactive ketones (excluding diaryl/α,β-unsaturated/α-hetero) is 1. The van der Waals surface area contributed by atoms with Crippen molar-refractivity contribution in [1.29, 1.82) is 0 Å². The lowest BCUT2D eigenvalue weighted by atomic mass is 9.73. The number of benzene rings is 2. The lowest BCUT2D eigenvalue weighted by Crippen LogP contribution is -2.38. The van der Waals surface area contributed by atoms with Crippen LogP contribution in [0.1, 0.15) is 70.0 Å². The zero-order valence-corrected chi connectivity index (χ0v) is 24.6. The quantitative estimate of drug-likeness (QED) is 0.378. The molecular formula is C31H38Cl2N4O2. The van der Waals surface area contributed by atoms with Gasteiger partial charge in [0.05, 0.1) is 17.4 Å². The van der Waals surface area contributed by atoms with E-state index in [2.05, 4.69) is 41.5 Å². The number of allylic oxidation sites excluding steroid dienone is 1. The normalized spacial score (nSPS) is 21.2. The van der Waals surface area contributed by atoms with E-state index in [0.717, 1.165) is 42.3 Å². The Labute approximate surface area is 241 Å². The molecule has 0 spiro atoms. The molecule has 1 aliphatic carbocycles. The highest BCUT2D eigenvalue weighted by atomic mass is 35.5. The summed E-state index contributed by atoms with van der Waals surface area (Å²) in [6.45, 7) is 10.9. The first-order chi connectivity index (χ1) is 18.6. The second-order valence-electron chi connectivity index (χ2n) is 11.8. The average molecular weight is 570 g/mol. The molecule has 2 aromatic rings. The first kappa shape index (κ1) is 28.2. The Kier molecular flexibility index (Phi) is 8.39. The number of nitrogens with zero attached hydrogens (tertiary/aromatic N) is 2. The Balaban J connectivity index is 1.50. The van der Waals surface area contributed by atoms with Crippen LogP contribution in [0.5, 0.6) is 0 Å². The molecular weight excluding hydrogens is 531 g/mol. The molecule has 1 amide bonds. The van der Waals surface area contributed by atoms with E-state index in [0.29, 0.717) is 34.0 Å². The molecule has 2 heterocycles. The third kappa shape index (κ3) is 6.19. The van der Waals surface area contributed by atoms with Gasteiger partial charge in [-0.25, -0.2) is 0 Å². The molecule has 1 saturated heterocycles. The van der Waals surface area contributed by atoms with E-state index in [4.69, 9.17) is 23.2 Å². The maximum absolute atomic E-state index is 13.7. The Morgan fingerprint density at radius 2 is 1.85 bits per heavy atom. The molecule has 6 nitrogen and oxygen atoms in total. The van der Waals surface area contributed by atoms with Crippen LogP contribution in [0.4, 0.5) is 11.4 Å². The topological polar surface area (TPSA) is 64.7 Å². The summed E-state index contributed by atoms with van der Waals surface area (Å²) in [6, 6.07) is 10.8. The number of amides is 1. The molecule has 1 atom stereocenters. The van der Waals surface area contributed by atoms with Crippen LogP contribution in [0.15, 0.2) is 47.7 Å². The predicted octanol–water partition coefficient (Wildman–Crippen LogP) is 6.73. The zero-order valence-electron chi connectivity index (χ0n) is 23.1. The van der Waals surface area contributed by atoms with Crippen LogP contribution in [-0.4, -0.2) is 42.8 Å². The number of rotatable bonds is 6. The van der Waals surface area contributed by atoms with Crippen LogP contribution >= 0.6 is 23.2 Å². The summed E-state index contributed by atoms with van der Waals surface area (Å²) in [5.41, 5.74) is 4.63. The van der Waals surface area contributed by atoms with E-state index in [1.54, 1.807) is 24.0 Å². The van der Waals surface area contributed by atoms with Gasteiger partial charge in [-0.1, -0.05) is 55.6 Å². The van der Waals surface area contributed by atoms with Crippen LogP contribution in [0, 0.1) is 5.41 Å². The van der Waals surface area contributed by atoms with E-state index in [9.17, 15) is 9.59 Å². The molecule has 0 radical (unpaired) electrons. The first-order valence-electron chi connectivity index (χ1n) is 14.0. The van der Waals surface area contributed by atoms with Gasteiger partial charge in [-0.3, -0.25) is 14.5 Å². The minimum absolute atomic E-state index is 0.0309. The van der Waals surface area contributed by atoms with E-state index >= 15 is 0 Å². The van der Waals surface area contributed by atoms with E-state index in [1.807, 2.05) is 12.1 Å². The highest BCUT2D eigenvalue weighted by Crippen LogP contribution is 2.49. The van der Waals surface area contributed by atoms with Gasteiger partial charge in [0.2, 0.25) is 5.91 Å². The maximum Gasteiger partial charge on any atom is 0.224 e. The molecule has 2 aromatic carbocycles. The number of ketones is 1. The fourth-order valence-electron chi connectivity index (χ4n) is 6.22. The summed E-state index contributed by atoms with van der Waals surface area (Å²) < 4.78 is 0. The molecule has 1 unspecified atom stereocenters. The third-order valence-electron chi connectivity index (χ3n) is 8.04. The van der Waals surface area contributed by atoms with Gasteiger partial charge in [-0.2, -0.15) is 0 Å². The van der Waals surface area contributed by atoms with E-state index in [-0.39, 0.29) is 17.1 Å². The average Bonchev–Trinajstić information content (AvgIpc) is 3.00. The lowest BCUT2D eigenvalue weighted by Gasteiger charge is -2.37. The second kappa shape index (κ2) is 11.6.